The van der Waals surface area contributed by atoms with Gasteiger partial charge in [-0.25, -0.2) is 14.3 Å². The van der Waals surface area contributed by atoms with Crippen LogP contribution in [-0.4, -0.2) is 59.1 Å². The molecule has 1 aliphatic rings. The van der Waals surface area contributed by atoms with Crippen molar-refractivity contribution in [2.75, 3.05) is 20.3 Å². The van der Waals surface area contributed by atoms with Gasteiger partial charge in [0.15, 0.2) is 5.69 Å². The zero-order valence-corrected chi connectivity index (χ0v) is 25.2. The first-order chi connectivity index (χ1) is 21.4. The molecule has 44 heavy (non-hydrogen) atoms. The number of aldehydes is 1. The van der Waals surface area contributed by atoms with Crippen LogP contribution >= 0.6 is 0 Å². The SMILES string of the molecule is CCCCc1c(-c2ccc(C=O)cc2C(=O)N2CCc3ccccc3C2)c(C(=O)OCC)nn1-c1cccc(C(=O)OC)c1. The summed E-state index contributed by atoms with van der Waals surface area (Å²) in [5.41, 5.74) is 5.53. The molecule has 1 aromatic heterocycles. The van der Waals surface area contributed by atoms with E-state index in [1.807, 2.05) is 18.2 Å². The Bertz CT molecular complexity index is 1720. The molecule has 2 heterocycles. The first-order valence-electron chi connectivity index (χ1n) is 14.8. The lowest BCUT2D eigenvalue weighted by atomic mass is 9.92. The molecule has 0 radical (unpaired) electrons. The number of carbonyl (C=O) groups excluding carboxylic acids is 4. The number of methoxy groups -OCH3 is 1. The summed E-state index contributed by atoms with van der Waals surface area (Å²) >= 11 is 0. The number of unbranched alkanes of at least 4 members (excludes halogenated alkanes) is 1. The first kappa shape index (κ1) is 30.4. The second kappa shape index (κ2) is 13.5. The number of nitrogens with zero attached hydrogens (tertiary/aromatic N) is 3. The van der Waals surface area contributed by atoms with Gasteiger partial charge < -0.3 is 14.4 Å². The van der Waals surface area contributed by atoms with E-state index in [0.717, 1.165) is 24.8 Å². The highest BCUT2D eigenvalue weighted by Gasteiger charge is 2.31. The molecule has 1 aliphatic heterocycles. The van der Waals surface area contributed by atoms with Gasteiger partial charge in [0.2, 0.25) is 0 Å². The number of esters is 2. The Labute approximate surface area is 256 Å². The Morgan fingerprint density at radius 1 is 0.955 bits per heavy atom. The number of hydrogen-bond donors (Lipinski definition) is 0. The second-order valence-corrected chi connectivity index (χ2v) is 10.6. The summed E-state index contributed by atoms with van der Waals surface area (Å²) in [4.78, 5) is 53.7. The van der Waals surface area contributed by atoms with E-state index in [9.17, 15) is 19.2 Å². The lowest BCUT2D eigenvalue weighted by molar-refractivity contribution is 0.0518. The second-order valence-electron chi connectivity index (χ2n) is 10.6. The third-order valence-corrected chi connectivity index (χ3v) is 7.83. The molecule has 9 nitrogen and oxygen atoms in total. The number of aromatic nitrogens is 2. The van der Waals surface area contributed by atoms with Crippen molar-refractivity contribution in [2.24, 2.45) is 0 Å². The van der Waals surface area contributed by atoms with Crippen molar-refractivity contribution < 1.29 is 28.7 Å². The van der Waals surface area contributed by atoms with Crippen LogP contribution in [0, 0.1) is 0 Å². The number of ether oxygens (including phenoxy) is 2. The molecular weight excluding hydrogens is 558 g/mol. The maximum Gasteiger partial charge on any atom is 0.359 e. The third-order valence-electron chi connectivity index (χ3n) is 7.83. The van der Waals surface area contributed by atoms with Gasteiger partial charge in [-0.1, -0.05) is 55.8 Å². The van der Waals surface area contributed by atoms with E-state index in [4.69, 9.17) is 14.6 Å². The molecule has 4 aromatic rings. The molecule has 0 bridgehead atoms. The summed E-state index contributed by atoms with van der Waals surface area (Å²) in [7, 11) is 1.31. The predicted octanol–water partition coefficient (Wildman–Crippen LogP) is 5.86. The van der Waals surface area contributed by atoms with Crippen LogP contribution in [0.1, 0.15) is 85.1 Å². The van der Waals surface area contributed by atoms with Gasteiger partial charge in [0.1, 0.15) is 6.29 Å². The van der Waals surface area contributed by atoms with Gasteiger partial charge in [0, 0.05) is 29.8 Å². The Morgan fingerprint density at radius 3 is 2.48 bits per heavy atom. The molecule has 0 aliphatic carbocycles. The van der Waals surface area contributed by atoms with E-state index in [2.05, 4.69) is 13.0 Å². The fourth-order valence-electron chi connectivity index (χ4n) is 5.62. The number of amides is 1. The van der Waals surface area contributed by atoms with Crippen LogP contribution in [0.5, 0.6) is 0 Å². The highest BCUT2D eigenvalue weighted by atomic mass is 16.5. The number of benzene rings is 3. The third kappa shape index (κ3) is 6.04. The van der Waals surface area contributed by atoms with Crippen LogP contribution in [0.25, 0.3) is 16.8 Å². The van der Waals surface area contributed by atoms with E-state index in [1.165, 1.54) is 12.7 Å². The molecule has 3 aromatic carbocycles. The van der Waals surface area contributed by atoms with Gasteiger partial charge in [0.05, 0.1) is 30.7 Å². The van der Waals surface area contributed by atoms with Gasteiger partial charge in [0.25, 0.3) is 5.91 Å². The van der Waals surface area contributed by atoms with Crippen molar-refractivity contribution in [2.45, 2.75) is 46.1 Å². The highest BCUT2D eigenvalue weighted by Crippen LogP contribution is 2.36. The molecular formula is C35H35N3O6. The van der Waals surface area contributed by atoms with Crippen LogP contribution in [0.4, 0.5) is 0 Å². The quantitative estimate of drug-likeness (QED) is 0.168. The minimum absolute atomic E-state index is 0.0540. The van der Waals surface area contributed by atoms with Crippen molar-refractivity contribution in [1.82, 2.24) is 14.7 Å². The highest BCUT2D eigenvalue weighted by molar-refractivity contribution is 6.06. The lowest BCUT2D eigenvalue weighted by Crippen LogP contribution is -2.36. The summed E-state index contributed by atoms with van der Waals surface area (Å²) in [6.45, 7) is 4.87. The Morgan fingerprint density at radius 2 is 1.75 bits per heavy atom. The van der Waals surface area contributed by atoms with Crippen molar-refractivity contribution in [3.05, 3.63) is 106 Å². The average Bonchev–Trinajstić information content (AvgIpc) is 3.45. The number of hydrogen-bond acceptors (Lipinski definition) is 7. The average molecular weight is 594 g/mol. The molecule has 5 rings (SSSR count). The van der Waals surface area contributed by atoms with Crippen LogP contribution in [0.3, 0.4) is 0 Å². The van der Waals surface area contributed by atoms with Crippen molar-refractivity contribution in [3.63, 3.8) is 0 Å². The zero-order chi connectivity index (χ0) is 31.2. The van der Waals surface area contributed by atoms with Crippen LogP contribution < -0.4 is 0 Å². The fraction of sp³-hybridized carbons (Fsp3) is 0.286. The summed E-state index contributed by atoms with van der Waals surface area (Å²) < 4.78 is 12.0. The van der Waals surface area contributed by atoms with E-state index >= 15 is 0 Å². The van der Waals surface area contributed by atoms with Gasteiger partial charge in [-0.05, 0) is 67.1 Å². The number of carbonyl (C=O) groups is 4. The molecule has 9 heteroatoms. The van der Waals surface area contributed by atoms with E-state index < -0.39 is 11.9 Å². The topological polar surface area (TPSA) is 108 Å². The Kier molecular flexibility index (Phi) is 9.33. The van der Waals surface area contributed by atoms with E-state index in [0.29, 0.717) is 65.0 Å². The summed E-state index contributed by atoms with van der Waals surface area (Å²) in [6.07, 6.45) is 3.59. The zero-order valence-electron chi connectivity index (χ0n) is 25.2. The van der Waals surface area contributed by atoms with Gasteiger partial charge in [-0.15, -0.1) is 0 Å². The Balaban J connectivity index is 1.72. The van der Waals surface area contributed by atoms with E-state index in [-0.39, 0.29) is 18.2 Å². The lowest BCUT2D eigenvalue weighted by Gasteiger charge is -2.29. The molecule has 226 valence electrons. The molecule has 0 spiro atoms. The molecule has 0 unspecified atom stereocenters. The minimum Gasteiger partial charge on any atom is -0.465 e. The summed E-state index contributed by atoms with van der Waals surface area (Å²) in [6, 6.07) is 19.8. The van der Waals surface area contributed by atoms with E-state index in [1.54, 1.807) is 59.0 Å². The maximum absolute atomic E-state index is 14.2. The molecule has 0 N–H and O–H groups in total. The van der Waals surface area contributed by atoms with Gasteiger partial charge in [-0.3, -0.25) is 9.59 Å². The van der Waals surface area contributed by atoms with Crippen molar-refractivity contribution in [3.8, 4) is 16.8 Å². The maximum atomic E-state index is 14.2. The fourth-order valence-corrected chi connectivity index (χ4v) is 5.62. The standard InChI is InChI=1S/C35H35N3O6/c1-4-6-14-30-31(32(35(42)44-5-2)36-38(30)27-13-9-12-25(20-27)34(41)43-3)28-16-15-23(22-39)19-29(28)33(40)37-18-17-24-10-7-8-11-26(24)21-37/h7-13,15-16,19-20,22H,4-6,14,17-18,21H2,1-3H3. The molecule has 0 atom stereocenters. The number of rotatable bonds is 10. The molecule has 1 amide bonds. The predicted molar refractivity (Wildman–Crippen MR) is 165 cm³/mol. The van der Waals surface area contributed by atoms with Crippen LogP contribution in [-0.2, 0) is 28.9 Å². The van der Waals surface area contributed by atoms with Crippen LogP contribution in [0.2, 0.25) is 0 Å². The smallest absolute Gasteiger partial charge is 0.359 e. The van der Waals surface area contributed by atoms with Gasteiger partial charge in [-0.2, -0.15) is 5.10 Å². The van der Waals surface area contributed by atoms with Crippen LogP contribution in [0.15, 0.2) is 66.7 Å². The largest absolute Gasteiger partial charge is 0.465 e. The van der Waals surface area contributed by atoms with Crippen molar-refractivity contribution >= 4 is 24.1 Å². The monoisotopic (exact) mass is 593 g/mol. The van der Waals surface area contributed by atoms with Gasteiger partial charge >= 0.3 is 11.9 Å². The normalized spacial score (nSPS) is 12.4. The van der Waals surface area contributed by atoms with Crippen molar-refractivity contribution in [1.29, 1.82) is 0 Å². The molecule has 0 saturated carbocycles. The Hall–Kier alpha value is -5.05. The first-order valence-corrected chi connectivity index (χ1v) is 14.8. The minimum atomic E-state index is -0.632. The number of fused-ring (bicyclic) bond motifs is 1. The summed E-state index contributed by atoms with van der Waals surface area (Å²) in [5.74, 6) is -1.37. The summed E-state index contributed by atoms with van der Waals surface area (Å²) in [5, 5.41) is 4.74. The molecule has 0 saturated heterocycles. The molecule has 0 fully saturated rings.